The van der Waals surface area contributed by atoms with Crippen molar-refractivity contribution >= 4 is 17.4 Å². The summed E-state index contributed by atoms with van der Waals surface area (Å²) in [5, 5.41) is 0.350. The molecule has 0 saturated heterocycles. The minimum atomic E-state index is -0.623. The van der Waals surface area contributed by atoms with Gasteiger partial charge in [-0.1, -0.05) is 23.7 Å². The van der Waals surface area contributed by atoms with Gasteiger partial charge in [0.2, 0.25) is 0 Å². The lowest BCUT2D eigenvalue weighted by Gasteiger charge is -2.08. The number of hydrogen-bond acceptors (Lipinski definition) is 2. The summed E-state index contributed by atoms with van der Waals surface area (Å²) in [5.41, 5.74) is 1.06. The minimum absolute atomic E-state index is 0.0201. The molecule has 0 fully saturated rings. The predicted octanol–water partition coefficient (Wildman–Crippen LogP) is 4.03. The fraction of sp³-hybridized carbons (Fsp3) is 0.133. The molecule has 2 aromatic rings. The maximum atomic E-state index is 13.9. The van der Waals surface area contributed by atoms with Gasteiger partial charge in [-0.15, -0.1) is 0 Å². The summed E-state index contributed by atoms with van der Waals surface area (Å²) in [6.07, 6.45) is 0. The van der Waals surface area contributed by atoms with Crippen LogP contribution in [-0.2, 0) is 0 Å². The molecule has 0 aliphatic heterocycles. The molecule has 0 aliphatic rings. The van der Waals surface area contributed by atoms with E-state index in [-0.39, 0.29) is 5.56 Å². The Morgan fingerprint density at radius 1 is 1.21 bits per heavy atom. The number of rotatable bonds is 3. The standard InChI is InChI=1S/C15H12ClFO2/c1-9-4-3-5-12(14(9)16)15(18)11-7-6-10(19-2)8-13(11)17/h3-8H,1-2H3. The zero-order chi connectivity index (χ0) is 14.0. The van der Waals surface area contributed by atoms with Crippen LogP contribution in [0.25, 0.3) is 0 Å². The molecule has 0 unspecified atom stereocenters. The van der Waals surface area contributed by atoms with Gasteiger partial charge in [0.05, 0.1) is 17.7 Å². The monoisotopic (exact) mass is 278 g/mol. The molecule has 0 aliphatic carbocycles. The van der Waals surface area contributed by atoms with E-state index >= 15 is 0 Å². The van der Waals surface area contributed by atoms with Crippen LogP contribution in [0.4, 0.5) is 4.39 Å². The Hall–Kier alpha value is -1.87. The predicted molar refractivity (Wildman–Crippen MR) is 72.6 cm³/mol. The molecule has 0 aromatic heterocycles. The third-order valence-corrected chi connectivity index (χ3v) is 3.36. The first kappa shape index (κ1) is 13.6. The smallest absolute Gasteiger partial charge is 0.197 e. The first-order chi connectivity index (χ1) is 9.04. The maximum Gasteiger partial charge on any atom is 0.197 e. The van der Waals surface area contributed by atoms with Crippen LogP contribution in [0, 0.1) is 12.7 Å². The summed E-state index contributed by atoms with van der Waals surface area (Å²) >= 11 is 6.08. The van der Waals surface area contributed by atoms with Gasteiger partial charge < -0.3 is 4.74 Å². The van der Waals surface area contributed by atoms with Gasteiger partial charge in [0.15, 0.2) is 5.78 Å². The molecular weight excluding hydrogens is 267 g/mol. The van der Waals surface area contributed by atoms with E-state index in [4.69, 9.17) is 16.3 Å². The van der Waals surface area contributed by atoms with Crippen LogP contribution < -0.4 is 4.74 Å². The van der Waals surface area contributed by atoms with Gasteiger partial charge in [0.25, 0.3) is 0 Å². The first-order valence-electron chi connectivity index (χ1n) is 5.68. The van der Waals surface area contributed by atoms with Crippen molar-refractivity contribution in [2.75, 3.05) is 7.11 Å². The molecule has 2 nitrogen and oxygen atoms in total. The zero-order valence-electron chi connectivity index (χ0n) is 10.5. The number of ether oxygens (including phenoxy) is 1. The van der Waals surface area contributed by atoms with Gasteiger partial charge in [-0.05, 0) is 30.7 Å². The van der Waals surface area contributed by atoms with Gasteiger partial charge in [0.1, 0.15) is 11.6 Å². The number of benzene rings is 2. The SMILES string of the molecule is COc1ccc(C(=O)c2cccc(C)c2Cl)c(F)c1. The van der Waals surface area contributed by atoms with E-state index in [9.17, 15) is 9.18 Å². The number of ketones is 1. The normalized spacial score (nSPS) is 10.3. The lowest BCUT2D eigenvalue weighted by atomic mass is 10.0. The molecule has 0 heterocycles. The van der Waals surface area contributed by atoms with Crippen LogP contribution in [0.5, 0.6) is 5.75 Å². The highest BCUT2D eigenvalue weighted by molar-refractivity contribution is 6.35. The Kier molecular flexibility index (Phi) is 3.86. The second-order valence-electron chi connectivity index (χ2n) is 4.11. The molecule has 0 radical (unpaired) electrons. The molecule has 0 amide bonds. The van der Waals surface area contributed by atoms with Gasteiger partial charge >= 0.3 is 0 Å². The lowest BCUT2D eigenvalue weighted by Crippen LogP contribution is -2.06. The highest BCUT2D eigenvalue weighted by Crippen LogP contribution is 2.25. The van der Waals surface area contributed by atoms with E-state index in [2.05, 4.69) is 0 Å². The van der Waals surface area contributed by atoms with Crippen molar-refractivity contribution in [1.29, 1.82) is 0 Å². The Morgan fingerprint density at radius 2 is 1.95 bits per heavy atom. The zero-order valence-corrected chi connectivity index (χ0v) is 11.3. The Bertz CT molecular complexity index is 638. The molecule has 0 N–H and O–H groups in total. The van der Waals surface area contributed by atoms with Gasteiger partial charge in [0, 0.05) is 11.6 Å². The third kappa shape index (κ3) is 2.61. The van der Waals surface area contributed by atoms with Gasteiger partial charge in [-0.2, -0.15) is 0 Å². The summed E-state index contributed by atoms with van der Waals surface area (Å²) in [5.74, 6) is -0.694. The number of hydrogen-bond donors (Lipinski definition) is 0. The van der Waals surface area contributed by atoms with E-state index in [0.717, 1.165) is 5.56 Å². The fourth-order valence-corrected chi connectivity index (χ4v) is 1.99. The van der Waals surface area contributed by atoms with Crippen LogP contribution in [-0.4, -0.2) is 12.9 Å². The molecule has 19 heavy (non-hydrogen) atoms. The number of carbonyl (C=O) groups excluding carboxylic acids is 1. The largest absolute Gasteiger partial charge is 0.497 e. The van der Waals surface area contributed by atoms with E-state index < -0.39 is 11.6 Å². The summed E-state index contributed by atoms with van der Waals surface area (Å²) in [4.78, 5) is 12.3. The Balaban J connectivity index is 2.47. The lowest BCUT2D eigenvalue weighted by molar-refractivity contribution is 0.103. The van der Waals surface area contributed by atoms with Crippen molar-refractivity contribution in [3.8, 4) is 5.75 Å². The Labute approximate surface area is 115 Å². The first-order valence-corrected chi connectivity index (χ1v) is 6.05. The average Bonchev–Trinajstić information content (AvgIpc) is 2.41. The van der Waals surface area contributed by atoms with Crippen LogP contribution in [0.1, 0.15) is 21.5 Å². The quantitative estimate of drug-likeness (QED) is 0.793. The molecule has 0 spiro atoms. The van der Waals surface area contributed by atoms with Crippen molar-refractivity contribution in [1.82, 2.24) is 0 Å². The fourth-order valence-electron chi connectivity index (χ4n) is 1.77. The van der Waals surface area contributed by atoms with E-state index in [1.54, 1.807) is 31.2 Å². The maximum absolute atomic E-state index is 13.9. The summed E-state index contributed by atoms with van der Waals surface area (Å²) < 4.78 is 18.8. The molecule has 4 heteroatoms. The van der Waals surface area contributed by atoms with Crippen molar-refractivity contribution in [2.24, 2.45) is 0 Å². The summed E-state index contributed by atoms with van der Waals surface area (Å²) in [7, 11) is 1.44. The number of carbonyl (C=O) groups is 1. The summed E-state index contributed by atoms with van der Waals surface area (Å²) in [6.45, 7) is 1.80. The van der Waals surface area contributed by atoms with Crippen LogP contribution in [0.15, 0.2) is 36.4 Å². The van der Waals surface area contributed by atoms with Crippen LogP contribution >= 0.6 is 11.6 Å². The molecule has 0 bridgehead atoms. The number of aryl methyl sites for hydroxylation is 1. The van der Waals surface area contributed by atoms with Crippen LogP contribution in [0.3, 0.4) is 0 Å². The highest BCUT2D eigenvalue weighted by Gasteiger charge is 2.17. The highest BCUT2D eigenvalue weighted by atomic mass is 35.5. The number of methoxy groups -OCH3 is 1. The van der Waals surface area contributed by atoms with E-state index in [0.29, 0.717) is 16.3 Å². The van der Waals surface area contributed by atoms with E-state index in [1.165, 1.54) is 19.2 Å². The summed E-state index contributed by atoms with van der Waals surface area (Å²) in [6, 6.07) is 9.22. The second-order valence-corrected chi connectivity index (χ2v) is 4.49. The topological polar surface area (TPSA) is 26.3 Å². The van der Waals surface area contributed by atoms with Crippen molar-refractivity contribution < 1.29 is 13.9 Å². The van der Waals surface area contributed by atoms with Crippen LogP contribution in [0.2, 0.25) is 5.02 Å². The number of halogens is 2. The van der Waals surface area contributed by atoms with Crippen molar-refractivity contribution in [2.45, 2.75) is 6.92 Å². The van der Waals surface area contributed by atoms with Gasteiger partial charge in [-0.25, -0.2) is 4.39 Å². The van der Waals surface area contributed by atoms with Crippen molar-refractivity contribution in [3.05, 3.63) is 63.9 Å². The van der Waals surface area contributed by atoms with Crippen molar-refractivity contribution in [3.63, 3.8) is 0 Å². The minimum Gasteiger partial charge on any atom is -0.497 e. The second kappa shape index (κ2) is 5.41. The van der Waals surface area contributed by atoms with Gasteiger partial charge in [-0.3, -0.25) is 4.79 Å². The van der Waals surface area contributed by atoms with E-state index in [1.807, 2.05) is 0 Å². The Morgan fingerprint density at radius 3 is 2.58 bits per heavy atom. The average molecular weight is 279 g/mol. The third-order valence-electron chi connectivity index (χ3n) is 2.86. The molecule has 0 atom stereocenters. The molecule has 2 aromatic carbocycles. The molecular formula is C15H12ClFO2. The molecule has 98 valence electrons. The molecule has 2 rings (SSSR count). The molecule has 0 saturated carbocycles.